The van der Waals surface area contributed by atoms with E-state index in [1.54, 1.807) is 24.3 Å². The summed E-state index contributed by atoms with van der Waals surface area (Å²) in [6.07, 6.45) is 1.28. The molecule has 0 spiro atoms. The first-order valence-electron chi connectivity index (χ1n) is 13.5. The highest BCUT2D eigenvalue weighted by Gasteiger charge is 2.29. The third-order valence-corrected chi connectivity index (χ3v) is 6.40. The Labute approximate surface area is 226 Å². The predicted molar refractivity (Wildman–Crippen MR) is 147 cm³/mol. The van der Waals surface area contributed by atoms with Crippen molar-refractivity contribution in [1.82, 2.24) is 26.2 Å². The van der Waals surface area contributed by atoms with Crippen molar-refractivity contribution in [2.24, 2.45) is 11.8 Å². The Morgan fingerprint density at radius 1 is 1.08 bits per heavy atom. The van der Waals surface area contributed by atoms with Crippen LogP contribution in [0.4, 0.5) is 0 Å². The summed E-state index contributed by atoms with van der Waals surface area (Å²) in [5, 5.41) is 11.5. The van der Waals surface area contributed by atoms with E-state index in [1.165, 1.54) is 0 Å². The van der Waals surface area contributed by atoms with Crippen LogP contribution in [0.5, 0.6) is 5.75 Å². The molecule has 1 aromatic rings. The topological polar surface area (TPSA) is 129 Å². The van der Waals surface area contributed by atoms with Gasteiger partial charge in [0.2, 0.25) is 17.7 Å². The van der Waals surface area contributed by atoms with E-state index < -0.39 is 18.0 Å². The van der Waals surface area contributed by atoms with Gasteiger partial charge in [0, 0.05) is 13.0 Å². The molecule has 4 amide bonds. The van der Waals surface area contributed by atoms with Crippen molar-refractivity contribution in [2.45, 2.75) is 71.5 Å². The van der Waals surface area contributed by atoms with Gasteiger partial charge in [-0.1, -0.05) is 39.8 Å². The quantitative estimate of drug-likeness (QED) is 0.378. The number of hydrogen-bond donors (Lipinski definition) is 4. The van der Waals surface area contributed by atoms with Gasteiger partial charge in [-0.05, 0) is 63.9 Å². The zero-order valence-corrected chi connectivity index (χ0v) is 23.6. The minimum Gasteiger partial charge on any atom is -0.491 e. The van der Waals surface area contributed by atoms with Gasteiger partial charge in [-0.15, -0.1) is 0 Å². The van der Waals surface area contributed by atoms with Crippen LogP contribution < -0.4 is 26.0 Å². The zero-order chi connectivity index (χ0) is 28.2. The second-order valence-electron chi connectivity index (χ2n) is 10.9. The summed E-state index contributed by atoms with van der Waals surface area (Å²) in [6, 6.07) is 4.83. The molecule has 2 rings (SSSR count). The molecule has 0 radical (unpaired) electrons. The lowest BCUT2D eigenvalue weighted by molar-refractivity contribution is -0.130. The third-order valence-electron chi connectivity index (χ3n) is 6.40. The van der Waals surface area contributed by atoms with Gasteiger partial charge < -0.3 is 30.9 Å². The van der Waals surface area contributed by atoms with Gasteiger partial charge in [-0.3, -0.25) is 19.2 Å². The first-order chi connectivity index (χ1) is 18.0. The highest BCUT2D eigenvalue weighted by molar-refractivity contribution is 5.99. The molecule has 0 aliphatic carbocycles. The molecule has 0 unspecified atom stereocenters. The molecule has 1 aliphatic heterocycles. The Hall–Kier alpha value is -3.14. The van der Waals surface area contributed by atoms with Crippen LogP contribution in [0.15, 0.2) is 24.3 Å². The van der Waals surface area contributed by atoms with E-state index in [9.17, 15) is 19.2 Å². The van der Waals surface area contributed by atoms with Crippen molar-refractivity contribution in [3.8, 4) is 5.75 Å². The summed E-state index contributed by atoms with van der Waals surface area (Å²) in [5.74, 6) is -0.866. The molecule has 4 N–H and O–H groups in total. The van der Waals surface area contributed by atoms with Gasteiger partial charge in [0.15, 0.2) is 0 Å². The summed E-state index contributed by atoms with van der Waals surface area (Å²) in [6.45, 7) is 9.31. The Bertz CT molecular complexity index is 949. The van der Waals surface area contributed by atoms with Gasteiger partial charge >= 0.3 is 0 Å². The standard InChI is InChI=1S/C28H45N5O5/c1-18(2)16-22-28(37)32-23(19(3)4)17-38-24-11-8-7-10-20(24)26(35)31-21(12-13-25(34)30-22)27(36)29-14-9-15-33(5)6/h7-8,10-11,18-19,21-23H,9,12-17H2,1-6H3,(H,29,36)(H,30,34)(H,31,35)(H,32,37)/t21-,22-,23-/m0/s1. The second-order valence-corrected chi connectivity index (χ2v) is 10.9. The smallest absolute Gasteiger partial charge is 0.255 e. The number of amides is 4. The highest BCUT2D eigenvalue weighted by Crippen LogP contribution is 2.20. The van der Waals surface area contributed by atoms with Crippen molar-refractivity contribution in [3.05, 3.63) is 29.8 Å². The molecule has 0 saturated heterocycles. The number of nitrogens with zero attached hydrogens (tertiary/aromatic N) is 1. The molecule has 0 aromatic heterocycles. The van der Waals surface area contributed by atoms with E-state index in [1.807, 2.05) is 46.7 Å². The number of rotatable bonds is 8. The largest absolute Gasteiger partial charge is 0.491 e. The maximum Gasteiger partial charge on any atom is 0.255 e. The fourth-order valence-electron chi connectivity index (χ4n) is 4.12. The fraction of sp³-hybridized carbons (Fsp3) is 0.643. The van der Waals surface area contributed by atoms with Crippen LogP contribution in [0.25, 0.3) is 0 Å². The van der Waals surface area contributed by atoms with Gasteiger partial charge in [-0.2, -0.15) is 0 Å². The lowest BCUT2D eigenvalue weighted by Crippen LogP contribution is -2.53. The second kappa shape index (κ2) is 15.3. The summed E-state index contributed by atoms with van der Waals surface area (Å²) >= 11 is 0. The van der Waals surface area contributed by atoms with Gasteiger partial charge in [-0.25, -0.2) is 0 Å². The summed E-state index contributed by atoms with van der Waals surface area (Å²) < 4.78 is 6.02. The Kier molecular flexibility index (Phi) is 12.5. The van der Waals surface area contributed by atoms with Crippen molar-refractivity contribution in [2.75, 3.05) is 33.8 Å². The molecule has 10 heteroatoms. The highest BCUT2D eigenvalue weighted by atomic mass is 16.5. The summed E-state index contributed by atoms with van der Waals surface area (Å²) in [5.41, 5.74) is 0.281. The molecule has 1 aliphatic rings. The molecule has 1 heterocycles. The molecule has 1 aromatic carbocycles. The van der Waals surface area contributed by atoms with Crippen LogP contribution >= 0.6 is 0 Å². The van der Waals surface area contributed by atoms with Crippen LogP contribution in [0.3, 0.4) is 0 Å². The van der Waals surface area contributed by atoms with Crippen LogP contribution in [-0.2, 0) is 14.4 Å². The van der Waals surface area contributed by atoms with Crippen LogP contribution in [-0.4, -0.2) is 80.4 Å². The number of ether oxygens (including phenoxy) is 1. The first-order valence-corrected chi connectivity index (χ1v) is 13.5. The monoisotopic (exact) mass is 531 g/mol. The lowest BCUT2D eigenvalue weighted by Gasteiger charge is -2.27. The van der Waals surface area contributed by atoms with E-state index in [2.05, 4.69) is 21.3 Å². The zero-order valence-electron chi connectivity index (χ0n) is 23.6. The lowest BCUT2D eigenvalue weighted by atomic mass is 10.0. The van der Waals surface area contributed by atoms with Gasteiger partial charge in [0.1, 0.15) is 24.4 Å². The summed E-state index contributed by atoms with van der Waals surface area (Å²) in [7, 11) is 3.91. The number of carbonyl (C=O) groups is 4. The number of nitrogens with one attached hydrogen (secondary N) is 4. The molecule has 10 nitrogen and oxygen atoms in total. The van der Waals surface area contributed by atoms with Gasteiger partial charge in [0.25, 0.3) is 5.91 Å². The normalized spacial score (nSPS) is 21.5. The Morgan fingerprint density at radius 2 is 1.79 bits per heavy atom. The minimum absolute atomic E-state index is 0.0241. The molecule has 212 valence electrons. The van der Waals surface area contributed by atoms with Crippen LogP contribution in [0.2, 0.25) is 0 Å². The predicted octanol–water partition coefficient (Wildman–Crippen LogP) is 1.70. The molecular weight excluding hydrogens is 486 g/mol. The van der Waals surface area contributed by atoms with Crippen LogP contribution in [0.1, 0.15) is 63.7 Å². The average Bonchev–Trinajstić information content (AvgIpc) is 2.85. The summed E-state index contributed by atoms with van der Waals surface area (Å²) in [4.78, 5) is 54.4. The van der Waals surface area contributed by atoms with Crippen molar-refractivity contribution in [1.29, 1.82) is 0 Å². The van der Waals surface area contributed by atoms with E-state index in [0.29, 0.717) is 18.7 Å². The maximum absolute atomic E-state index is 13.3. The Morgan fingerprint density at radius 3 is 2.45 bits per heavy atom. The molecule has 3 atom stereocenters. The number of para-hydroxylation sites is 1. The van der Waals surface area contributed by atoms with E-state index in [-0.39, 0.29) is 60.6 Å². The van der Waals surface area contributed by atoms with E-state index >= 15 is 0 Å². The molecule has 0 bridgehead atoms. The van der Waals surface area contributed by atoms with Gasteiger partial charge in [0.05, 0.1) is 11.6 Å². The molecule has 38 heavy (non-hydrogen) atoms. The van der Waals surface area contributed by atoms with Crippen molar-refractivity contribution < 1.29 is 23.9 Å². The SMILES string of the molecule is CC(C)C[C@@H]1NC(=O)CC[C@@H](C(=O)NCCCN(C)C)NC(=O)c2ccccc2OC[C@@H](C(C)C)NC1=O. The Balaban J connectivity index is 2.33. The van der Waals surface area contributed by atoms with Crippen molar-refractivity contribution in [3.63, 3.8) is 0 Å². The van der Waals surface area contributed by atoms with E-state index in [0.717, 1.165) is 13.0 Å². The molecule has 0 fully saturated rings. The van der Waals surface area contributed by atoms with Crippen LogP contribution in [0, 0.1) is 11.8 Å². The number of benzene rings is 1. The minimum atomic E-state index is -0.924. The average molecular weight is 532 g/mol. The van der Waals surface area contributed by atoms with E-state index in [4.69, 9.17) is 4.74 Å². The van der Waals surface area contributed by atoms with Crippen molar-refractivity contribution >= 4 is 23.6 Å². The molecule has 0 saturated carbocycles. The number of hydrogen-bond acceptors (Lipinski definition) is 6. The maximum atomic E-state index is 13.3. The number of fused-ring (bicyclic) bond motifs is 1. The number of carbonyl (C=O) groups excluding carboxylic acids is 4. The first kappa shape index (κ1) is 31.1. The third kappa shape index (κ3) is 10.3. The molecular formula is C28H45N5O5. The fourth-order valence-corrected chi connectivity index (χ4v) is 4.12.